The number of amides is 1. The summed E-state index contributed by atoms with van der Waals surface area (Å²) < 4.78 is 5.19. The average molecular weight is 357 g/mol. The van der Waals surface area contributed by atoms with E-state index in [2.05, 4.69) is 12.2 Å². The number of carbonyl (C=O) groups excluding carboxylic acids is 2. The van der Waals surface area contributed by atoms with Crippen LogP contribution in [0.15, 0.2) is 24.3 Å². The highest BCUT2D eigenvalue weighted by atomic mass is 32.1. The van der Waals surface area contributed by atoms with Gasteiger partial charge in [0, 0.05) is 4.88 Å². The molecule has 1 aromatic heterocycles. The van der Waals surface area contributed by atoms with Crippen molar-refractivity contribution >= 4 is 28.2 Å². The summed E-state index contributed by atoms with van der Waals surface area (Å²) in [6, 6.07) is 8.07. The molecule has 25 heavy (non-hydrogen) atoms. The third-order valence-corrected chi connectivity index (χ3v) is 5.66. The first-order chi connectivity index (χ1) is 12.1. The van der Waals surface area contributed by atoms with Crippen molar-refractivity contribution in [3.05, 3.63) is 51.4 Å². The van der Waals surface area contributed by atoms with Crippen molar-refractivity contribution in [1.29, 1.82) is 0 Å². The maximum Gasteiger partial charge on any atom is 0.341 e. The summed E-state index contributed by atoms with van der Waals surface area (Å²) >= 11 is 1.51. The number of fused-ring (bicyclic) bond motifs is 1. The first kappa shape index (κ1) is 17.7. The zero-order valence-corrected chi connectivity index (χ0v) is 15.5. The van der Waals surface area contributed by atoms with Gasteiger partial charge in [-0.05, 0) is 49.3 Å². The number of ether oxygens (including phenoxy) is 1. The van der Waals surface area contributed by atoms with Crippen LogP contribution < -0.4 is 5.32 Å². The standard InChI is InChI=1S/C20H23NO3S/c1-3-13-8-10-14(11-9-13)12-17(22)21-19-18(20(23)24-4-2)15-6-5-7-16(15)25-19/h8-11H,3-7,12H2,1-2H3,(H,21,22). The maximum absolute atomic E-state index is 12.4. The lowest BCUT2D eigenvalue weighted by molar-refractivity contribution is -0.115. The van der Waals surface area contributed by atoms with Gasteiger partial charge in [0.1, 0.15) is 5.00 Å². The van der Waals surface area contributed by atoms with Gasteiger partial charge in [-0.1, -0.05) is 31.2 Å². The highest BCUT2D eigenvalue weighted by Crippen LogP contribution is 2.39. The lowest BCUT2D eigenvalue weighted by atomic mass is 10.1. The highest BCUT2D eigenvalue weighted by Gasteiger charge is 2.28. The van der Waals surface area contributed by atoms with Crippen molar-refractivity contribution in [2.75, 3.05) is 11.9 Å². The smallest absolute Gasteiger partial charge is 0.341 e. The number of hydrogen-bond donors (Lipinski definition) is 1. The molecule has 1 heterocycles. The first-order valence-corrected chi connectivity index (χ1v) is 9.63. The molecule has 0 spiro atoms. The van der Waals surface area contributed by atoms with Crippen molar-refractivity contribution in [1.82, 2.24) is 0 Å². The Morgan fingerprint density at radius 1 is 1.12 bits per heavy atom. The summed E-state index contributed by atoms with van der Waals surface area (Å²) in [7, 11) is 0. The summed E-state index contributed by atoms with van der Waals surface area (Å²) in [5.74, 6) is -0.431. The molecule has 0 aliphatic heterocycles. The monoisotopic (exact) mass is 357 g/mol. The first-order valence-electron chi connectivity index (χ1n) is 8.81. The molecule has 0 bridgehead atoms. The molecule has 0 saturated heterocycles. The van der Waals surface area contributed by atoms with Crippen LogP contribution >= 0.6 is 11.3 Å². The molecule has 0 radical (unpaired) electrons. The van der Waals surface area contributed by atoms with Crippen LogP contribution in [0, 0.1) is 0 Å². The Balaban J connectivity index is 1.75. The van der Waals surface area contributed by atoms with Crippen LogP contribution in [-0.2, 0) is 35.2 Å². The van der Waals surface area contributed by atoms with E-state index in [-0.39, 0.29) is 11.9 Å². The molecule has 1 aliphatic rings. The van der Waals surface area contributed by atoms with Crippen LogP contribution in [-0.4, -0.2) is 18.5 Å². The Kier molecular flexibility index (Phi) is 5.53. The second kappa shape index (κ2) is 7.83. The second-order valence-corrected chi connectivity index (χ2v) is 7.28. The Bertz CT molecular complexity index is 777. The number of nitrogens with one attached hydrogen (secondary N) is 1. The minimum Gasteiger partial charge on any atom is -0.462 e. The molecular weight excluding hydrogens is 334 g/mol. The largest absolute Gasteiger partial charge is 0.462 e. The molecule has 132 valence electrons. The van der Waals surface area contributed by atoms with E-state index < -0.39 is 0 Å². The normalized spacial score (nSPS) is 12.7. The molecule has 1 aliphatic carbocycles. The van der Waals surface area contributed by atoms with Gasteiger partial charge in [0.2, 0.25) is 5.91 Å². The van der Waals surface area contributed by atoms with E-state index in [0.717, 1.165) is 36.8 Å². The van der Waals surface area contributed by atoms with Crippen LogP contribution in [0.1, 0.15) is 52.2 Å². The number of thiophene rings is 1. The second-order valence-electron chi connectivity index (χ2n) is 6.18. The van der Waals surface area contributed by atoms with Gasteiger partial charge >= 0.3 is 5.97 Å². The fourth-order valence-corrected chi connectivity index (χ4v) is 4.45. The third kappa shape index (κ3) is 3.93. The van der Waals surface area contributed by atoms with E-state index in [1.54, 1.807) is 6.92 Å². The zero-order chi connectivity index (χ0) is 17.8. The molecule has 1 amide bonds. The molecule has 0 fully saturated rings. The van der Waals surface area contributed by atoms with Gasteiger partial charge in [0.25, 0.3) is 0 Å². The third-order valence-electron chi connectivity index (χ3n) is 4.45. The zero-order valence-electron chi connectivity index (χ0n) is 14.7. The molecule has 1 aromatic carbocycles. The molecule has 2 aromatic rings. The summed E-state index contributed by atoms with van der Waals surface area (Å²) in [6.07, 6.45) is 4.20. The fraction of sp³-hybridized carbons (Fsp3) is 0.400. The summed E-state index contributed by atoms with van der Waals surface area (Å²) in [5.41, 5.74) is 3.85. The van der Waals surface area contributed by atoms with Crippen LogP contribution in [0.5, 0.6) is 0 Å². The minimum atomic E-state index is -0.329. The highest BCUT2D eigenvalue weighted by molar-refractivity contribution is 7.17. The van der Waals surface area contributed by atoms with E-state index in [4.69, 9.17) is 4.74 Å². The van der Waals surface area contributed by atoms with Crippen molar-refractivity contribution < 1.29 is 14.3 Å². The van der Waals surface area contributed by atoms with Crippen molar-refractivity contribution in [2.45, 2.75) is 46.0 Å². The fourth-order valence-electron chi connectivity index (χ4n) is 3.16. The SMILES string of the molecule is CCOC(=O)c1c(NC(=O)Cc2ccc(CC)cc2)sc2c1CCC2. The number of benzene rings is 1. The van der Waals surface area contributed by atoms with E-state index in [1.165, 1.54) is 21.8 Å². The van der Waals surface area contributed by atoms with Gasteiger partial charge in [0.15, 0.2) is 0 Å². The van der Waals surface area contributed by atoms with Crippen molar-refractivity contribution in [3.63, 3.8) is 0 Å². The van der Waals surface area contributed by atoms with Gasteiger partial charge in [-0.25, -0.2) is 4.79 Å². The number of carbonyl (C=O) groups is 2. The number of rotatable bonds is 6. The Morgan fingerprint density at radius 3 is 2.52 bits per heavy atom. The summed E-state index contributed by atoms with van der Waals surface area (Å²) in [5, 5.41) is 3.57. The van der Waals surface area contributed by atoms with E-state index in [1.807, 2.05) is 24.3 Å². The summed E-state index contributed by atoms with van der Waals surface area (Å²) in [6.45, 7) is 4.23. The van der Waals surface area contributed by atoms with Gasteiger partial charge < -0.3 is 10.1 Å². The van der Waals surface area contributed by atoms with Crippen molar-refractivity contribution in [3.8, 4) is 0 Å². The van der Waals surface area contributed by atoms with Crippen LogP contribution in [0.4, 0.5) is 5.00 Å². The van der Waals surface area contributed by atoms with Crippen LogP contribution in [0.2, 0.25) is 0 Å². The molecule has 0 atom stereocenters. The molecular formula is C20H23NO3S. The lowest BCUT2D eigenvalue weighted by Crippen LogP contribution is -2.17. The number of esters is 1. The lowest BCUT2D eigenvalue weighted by Gasteiger charge is -2.08. The van der Waals surface area contributed by atoms with Gasteiger partial charge in [-0.3, -0.25) is 4.79 Å². The summed E-state index contributed by atoms with van der Waals surface area (Å²) in [4.78, 5) is 26.0. The quantitative estimate of drug-likeness (QED) is 0.790. The van der Waals surface area contributed by atoms with E-state index in [9.17, 15) is 9.59 Å². The molecule has 5 heteroatoms. The minimum absolute atomic E-state index is 0.102. The Hall–Kier alpha value is -2.14. The van der Waals surface area contributed by atoms with Gasteiger partial charge in [-0.2, -0.15) is 0 Å². The van der Waals surface area contributed by atoms with Crippen LogP contribution in [0.25, 0.3) is 0 Å². The maximum atomic E-state index is 12.4. The molecule has 1 N–H and O–H groups in total. The van der Waals surface area contributed by atoms with Crippen LogP contribution in [0.3, 0.4) is 0 Å². The van der Waals surface area contributed by atoms with E-state index >= 15 is 0 Å². The number of hydrogen-bond acceptors (Lipinski definition) is 4. The predicted molar refractivity (Wildman–Crippen MR) is 100 cm³/mol. The molecule has 0 unspecified atom stereocenters. The van der Waals surface area contributed by atoms with Gasteiger partial charge in [-0.15, -0.1) is 11.3 Å². The van der Waals surface area contributed by atoms with Gasteiger partial charge in [0.05, 0.1) is 18.6 Å². The topological polar surface area (TPSA) is 55.4 Å². The molecule has 3 rings (SSSR count). The number of anilines is 1. The van der Waals surface area contributed by atoms with Crippen molar-refractivity contribution in [2.24, 2.45) is 0 Å². The predicted octanol–water partition coefficient (Wildman–Crippen LogP) is 4.16. The van der Waals surface area contributed by atoms with E-state index in [0.29, 0.717) is 23.6 Å². The Labute approximate surface area is 152 Å². The molecule has 0 saturated carbocycles. The number of aryl methyl sites for hydroxylation is 2. The average Bonchev–Trinajstić information content (AvgIpc) is 3.16. The molecule has 4 nitrogen and oxygen atoms in total. The Morgan fingerprint density at radius 2 is 1.84 bits per heavy atom.